The Labute approximate surface area is 228 Å². The van der Waals surface area contributed by atoms with Crippen molar-refractivity contribution < 1.29 is 22.7 Å². The van der Waals surface area contributed by atoms with Crippen molar-refractivity contribution in [2.24, 2.45) is 0 Å². The predicted octanol–water partition coefficient (Wildman–Crippen LogP) is 5.26. The summed E-state index contributed by atoms with van der Waals surface area (Å²) in [5, 5.41) is 5.75. The summed E-state index contributed by atoms with van der Waals surface area (Å²) < 4.78 is 32.3. The van der Waals surface area contributed by atoms with E-state index in [-0.39, 0.29) is 16.8 Å². The minimum atomic E-state index is -3.81. The molecule has 0 fully saturated rings. The number of rotatable bonds is 9. The van der Waals surface area contributed by atoms with Crippen LogP contribution in [0.25, 0.3) is 0 Å². The number of hydrogen-bond donors (Lipinski definition) is 2. The number of nitrogens with one attached hydrogen (secondary N) is 2. The third-order valence-electron chi connectivity index (χ3n) is 6.28. The molecule has 8 nitrogen and oxygen atoms in total. The predicted molar refractivity (Wildman–Crippen MR) is 152 cm³/mol. The number of sulfonamides is 1. The number of benzene rings is 4. The van der Waals surface area contributed by atoms with E-state index in [0.29, 0.717) is 28.3 Å². The van der Waals surface area contributed by atoms with Gasteiger partial charge in [-0.15, -0.1) is 0 Å². The molecule has 9 heteroatoms. The van der Waals surface area contributed by atoms with Crippen molar-refractivity contribution >= 4 is 33.2 Å². The first-order valence-corrected chi connectivity index (χ1v) is 13.6. The van der Waals surface area contributed by atoms with E-state index < -0.39 is 15.9 Å². The zero-order valence-electron chi connectivity index (χ0n) is 21.8. The molecule has 0 bridgehead atoms. The molecule has 4 aromatic rings. The summed E-state index contributed by atoms with van der Waals surface area (Å²) >= 11 is 0. The van der Waals surface area contributed by atoms with Crippen molar-refractivity contribution in [1.82, 2.24) is 5.32 Å². The van der Waals surface area contributed by atoms with Gasteiger partial charge in [0.2, 0.25) is 0 Å². The number of methoxy groups -OCH3 is 1. The summed E-state index contributed by atoms with van der Waals surface area (Å²) in [7, 11) is -0.860. The zero-order valence-corrected chi connectivity index (χ0v) is 22.6. The van der Waals surface area contributed by atoms with Gasteiger partial charge in [0.25, 0.3) is 21.8 Å². The molecular weight excluding hydrogens is 514 g/mol. The largest absolute Gasteiger partial charge is 0.497 e. The molecule has 0 saturated carbocycles. The van der Waals surface area contributed by atoms with Crippen LogP contribution in [0, 0.1) is 0 Å². The summed E-state index contributed by atoms with van der Waals surface area (Å²) in [6, 6.07) is 28.4. The van der Waals surface area contributed by atoms with E-state index in [1.54, 1.807) is 48.5 Å². The summed E-state index contributed by atoms with van der Waals surface area (Å²) in [6.45, 7) is 1.89. The van der Waals surface area contributed by atoms with Gasteiger partial charge in [-0.2, -0.15) is 0 Å². The maximum atomic E-state index is 13.0. The van der Waals surface area contributed by atoms with Gasteiger partial charge < -0.3 is 15.4 Å². The van der Waals surface area contributed by atoms with Crippen LogP contribution >= 0.6 is 0 Å². The molecule has 0 spiro atoms. The lowest BCUT2D eigenvalue weighted by Gasteiger charge is -2.20. The minimum Gasteiger partial charge on any atom is -0.497 e. The Morgan fingerprint density at radius 2 is 1.41 bits per heavy atom. The Bertz CT molecular complexity index is 1550. The van der Waals surface area contributed by atoms with Gasteiger partial charge in [0.1, 0.15) is 5.75 Å². The van der Waals surface area contributed by atoms with Gasteiger partial charge >= 0.3 is 0 Å². The average Bonchev–Trinajstić information content (AvgIpc) is 2.97. The summed E-state index contributed by atoms with van der Waals surface area (Å²) in [5.41, 5.74) is 2.35. The fourth-order valence-corrected chi connectivity index (χ4v) is 5.15. The van der Waals surface area contributed by atoms with Crippen LogP contribution < -0.4 is 19.7 Å². The molecule has 2 N–H and O–H groups in total. The Hall–Kier alpha value is -4.63. The number of anilines is 2. The summed E-state index contributed by atoms with van der Waals surface area (Å²) in [5.74, 6) is -0.196. The van der Waals surface area contributed by atoms with Gasteiger partial charge in [0, 0.05) is 12.6 Å². The molecule has 2 amide bonds. The molecule has 200 valence electrons. The van der Waals surface area contributed by atoms with Crippen LogP contribution in [0.15, 0.2) is 108 Å². The second-order valence-electron chi connectivity index (χ2n) is 8.80. The van der Waals surface area contributed by atoms with E-state index in [1.165, 1.54) is 38.4 Å². The highest BCUT2D eigenvalue weighted by atomic mass is 32.2. The fourth-order valence-electron chi connectivity index (χ4n) is 3.95. The first kappa shape index (κ1) is 27.4. The van der Waals surface area contributed by atoms with Crippen molar-refractivity contribution in [2.75, 3.05) is 23.8 Å². The molecule has 0 aliphatic rings. The second-order valence-corrected chi connectivity index (χ2v) is 10.8. The SMILES string of the molecule is COc1ccc(S(=O)(=O)N(C)c2ccc(C(=O)Nc3ccccc3C(=O)N[C@H](C)c3ccccc3)cc2)cc1. The second kappa shape index (κ2) is 11.8. The smallest absolute Gasteiger partial charge is 0.264 e. The fraction of sp³-hybridized carbons (Fsp3) is 0.133. The highest BCUT2D eigenvalue weighted by molar-refractivity contribution is 7.92. The Morgan fingerprint density at radius 3 is 2.05 bits per heavy atom. The molecule has 0 heterocycles. The topological polar surface area (TPSA) is 105 Å². The Morgan fingerprint density at radius 1 is 0.795 bits per heavy atom. The van der Waals surface area contributed by atoms with Crippen LogP contribution in [0.3, 0.4) is 0 Å². The number of para-hydroxylation sites is 1. The lowest BCUT2D eigenvalue weighted by molar-refractivity contribution is 0.0940. The molecule has 1 atom stereocenters. The molecule has 0 aliphatic carbocycles. The number of carbonyl (C=O) groups is 2. The number of ether oxygens (including phenoxy) is 1. The van der Waals surface area contributed by atoms with Crippen LogP contribution in [0.5, 0.6) is 5.75 Å². The molecule has 0 unspecified atom stereocenters. The van der Waals surface area contributed by atoms with E-state index in [2.05, 4.69) is 10.6 Å². The number of amides is 2. The van der Waals surface area contributed by atoms with Crippen LogP contribution in [0.1, 0.15) is 39.2 Å². The van der Waals surface area contributed by atoms with Gasteiger partial charge in [-0.1, -0.05) is 42.5 Å². The van der Waals surface area contributed by atoms with E-state index >= 15 is 0 Å². The third kappa shape index (κ3) is 6.27. The van der Waals surface area contributed by atoms with Crippen LogP contribution in [-0.2, 0) is 10.0 Å². The molecule has 39 heavy (non-hydrogen) atoms. The van der Waals surface area contributed by atoms with Crippen molar-refractivity contribution in [3.8, 4) is 5.75 Å². The van der Waals surface area contributed by atoms with Gasteiger partial charge in [-0.05, 0) is 73.2 Å². The highest BCUT2D eigenvalue weighted by Gasteiger charge is 2.22. The van der Waals surface area contributed by atoms with Gasteiger partial charge in [-0.3, -0.25) is 13.9 Å². The lowest BCUT2D eigenvalue weighted by Crippen LogP contribution is -2.28. The van der Waals surface area contributed by atoms with Crippen molar-refractivity contribution in [1.29, 1.82) is 0 Å². The Kier molecular flexibility index (Phi) is 8.31. The quantitative estimate of drug-likeness (QED) is 0.300. The van der Waals surface area contributed by atoms with Gasteiger partial charge in [0.05, 0.1) is 35.0 Å². The first-order chi connectivity index (χ1) is 18.7. The monoisotopic (exact) mass is 543 g/mol. The molecule has 0 aliphatic heterocycles. The highest BCUT2D eigenvalue weighted by Crippen LogP contribution is 2.25. The third-order valence-corrected chi connectivity index (χ3v) is 8.08. The number of hydrogen-bond acceptors (Lipinski definition) is 5. The van der Waals surface area contributed by atoms with Gasteiger partial charge in [-0.25, -0.2) is 8.42 Å². The average molecular weight is 544 g/mol. The maximum Gasteiger partial charge on any atom is 0.264 e. The molecule has 0 aromatic heterocycles. The standard InChI is InChI=1S/C30H29N3O5S/c1-21(22-9-5-4-6-10-22)31-30(35)27-11-7-8-12-28(27)32-29(34)23-13-15-24(16-14-23)33(2)39(36,37)26-19-17-25(38-3)18-20-26/h4-21H,1-3H3,(H,31,35)(H,32,34)/t21-/m1/s1. The van der Waals surface area contributed by atoms with Crippen LogP contribution in [0.2, 0.25) is 0 Å². The van der Waals surface area contributed by atoms with Crippen LogP contribution in [0.4, 0.5) is 11.4 Å². The molecule has 0 radical (unpaired) electrons. The molecule has 4 aromatic carbocycles. The van der Waals surface area contributed by atoms with E-state index in [9.17, 15) is 18.0 Å². The first-order valence-electron chi connectivity index (χ1n) is 12.2. The normalized spacial score (nSPS) is 11.8. The summed E-state index contributed by atoms with van der Waals surface area (Å²) in [4.78, 5) is 26.1. The van der Waals surface area contributed by atoms with E-state index in [1.807, 2.05) is 37.3 Å². The summed E-state index contributed by atoms with van der Waals surface area (Å²) in [6.07, 6.45) is 0. The van der Waals surface area contributed by atoms with Gasteiger partial charge in [0.15, 0.2) is 0 Å². The van der Waals surface area contributed by atoms with Crippen molar-refractivity contribution in [2.45, 2.75) is 17.9 Å². The lowest BCUT2D eigenvalue weighted by atomic mass is 10.1. The van der Waals surface area contributed by atoms with Crippen LogP contribution in [-0.4, -0.2) is 34.4 Å². The minimum absolute atomic E-state index is 0.115. The number of nitrogens with zero attached hydrogens (tertiary/aromatic N) is 1. The van der Waals surface area contributed by atoms with Crippen molar-refractivity contribution in [3.05, 3.63) is 120 Å². The molecular formula is C30H29N3O5S. The number of carbonyl (C=O) groups excluding carboxylic acids is 2. The maximum absolute atomic E-state index is 13.0. The Balaban J connectivity index is 1.46. The zero-order chi connectivity index (χ0) is 28.0. The molecule has 0 saturated heterocycles. The van der Waals surface area contributed by atoms with E-state index in [0.717, 1.165) is 9.87 Å². The van der Waals surface area contributed by atoms with Crippen molar-refractivity contribution in [3.63, 3.8) is 0 Å². The molecule has 4 rings (SSSR count). The van der Waals surface area contributed by atoms with E-state index in [4.69, 9.17) is 4.74 Å².